The molecule has 2 aromatic heterocycles. The minimum Gasteiger partial charge on any atom is -0.453 e. The highest BCUT2D eigenvalue weighted by atomic mass is 16.5. The van der Waals surface area contributed by atoms with Crippen LogP contribution in [-0.4, -0.2) is 87.6 Å². The Labute approximate surface area is 363 Å². The minimum absolute atomic E-state index is 0.151. The maximum absolute atomic E-state index is 14.0. The summed E-state index contributed by atoms with van der Waals surface area (Å²) in [6.07, 6.45) is 4.95. The second kappa shape index (κ2) is 22.6. The van der Waals surface area contributed by atoms with Crippen molar-refractivity contribution in [2.75, 3.05) is 33.9 Å². The quantitative estimate of drug-likeness (QED) is 0.0747. The molecule has 6 rings (SSSR count). The monoisotopic (exact) mass is 842 g/mol. The number of hydrogen-bond acceptors (Lipinski definition) is 8. The molecule has 0 aliphatic rings. The average Bonchev–Trinajstić information content (AvgIpc) is 3.97. The summed E-state index contributed by atoms with van der Waals surface area (Å²) in [5.74, 6) is 0.812. The second-order valence-corrected chi connectivity index (χ2v) is 14.9. The molecule has 0 aliphatic carbocycles. The van der Waals surface area contributed by atoms with Gasteiger partial charge in [-0.15, -0.1) is 0 Å². The summed E-state index contributed by atoms with van der Waals surface area (Å²) in [6.45, 7) is 11.5. The molecule has 4 amide bonds. The standard InChI is InChI=1S/C45H50N8O6.C3H8/c1-6-20-52(41(54)26-48-44(56)58-4)27-39-47-25-38(50-39)35-19-18-33-22-32(16-17-34(33)23-35)30-12-14-31(15-13-30)37-24-46-40(49-37)28-53(21-7-2)43(55)42(51-45(57)59-5)36-11-9-8-10-29(36)3;1-3-2/h8-19,22-25,42H,6-7,20-21,26-28H2,1-5H3,(H,46,49)(H,47,50)(H,48,56)(H,51,57);3H2,1-2H3. The van der Waals surface area contributed by atoms with Gasteiger partial charge in [-0.1, -0.05) is 107 Å². The molecule has 0 saturated carbocycles. The summed E-state index contributed by atoms with van der Waals surface area (Å²) in [6, 6.07) is 27.4. The number of fused-ring (bicyclic) bond motifs is 1. The summed E-state index contributed by atoms with van der Waals surface area (Å²) in [5, 5.41) is 7.33. The number of aromatic nitrogens is 4. The normalized spacial score (nSPS) is 11.2. The predicted molar refractivity (Wildman–Crippen MR) is 242 cm³/mol. The average molecular weight is 843 g/mol. The number of imidazole rings is 2. The Balaban J connectivity index is 0.00000235. The van der Waals surface area contributed by atoms with E-state index in [0.717, 1.165) is 62.8 Å². The molecule has 6 aromatic rings. The number of rotatable bonds is 16. The Kier molecular flexibility index (Phi) is 16.8. The third kappa shape index (κ3) is 12.1. The fraction of sp³-hybridized carbons (Fsp3) is 0.333. The lowest BCUT2D eigenvalue weighted by Gasteiger charge is -2.27. The zero-order valence-electron chi connectivity index (χ0n) is 36.7. The van der Waals surface area contributed by atoms with Crippen molar-refractivity contribution < 1.29 is 28.7 Å². The van der Waals surface area contributed by atoms with E-state index in [0.29, 0.717) is 36.8 Å². The van der Waals surface area contributed by atoms with E-state index in [-0.39, 0.29) is 24.9 Å². The molecule has 1 atom stereocenters. The van der Waals surface area contributed by atoms with Crippen molar-refractivity contribution in [3.05, 3.63) is 120 Å². The van der Waals surface area contributed by atoms with E-state index in [9.17, 15) is 19.2 Å². The zero-order chi connectivity index (χ0) is 44.6. The highest BCUT2D eigenvalue weighted by Crippen LogP contribution is 2.30. The molecule has 62 heavy (non-hydrogen) atoms. The van der Waals surface area contributed by atoms with Crippen molar-refractivity contribution in [1.82, 2.24) is 40.4 Å². The number of carbonyl (C=O) groups is 4. The first-order valence-electron chi connectivity index (χ1n) is 21.0. The summed E-state index contributed by atoms with van der Waals surface area (Å²) >= 11 is 0. The van der Waals surface area contributed by atoms with Gasteiger partial charge < -0.3 is 39.9 Å². The van der Waals surface area contributed by atoms with Crippen LogP contribution in [0.1, 0.15) is 75.8 Å². The molecule has 326 valence electrons. The number of ether oxygens (including phenoxy) is 2. The summed E-state index contributed by atoms with van der Waals surface area (Å²) in [4.78, 5) is 69.7. The minimum atomic E-state index is -0.906. The van der Waals surface area contributed by atoms with Crippen LogP contribution < -0.4 is 10.6 Å². The van der Waals surface area contributed by atoms with Crippen molar-refractivity contribution in [1.29, 1.82) is 0 Å². The van der Waals surface area contributed by atoms with E-state index in [1.807, 2.05) is 63.2 Å². The van der Waals surface area contributed by atoms with Gasteiger partial charge in [0.2, 0.25) is 11.8 Å². The number of aromatic amines is 2. The van der Waals surface area contributed by atoms with Crippen LogP contribution in [-0.2, 0) is 32.2 Å². The van der Waals surface area contributed by atoms with Gasteiger partial charge in [-0.25, -0.2) is 19.6 Å². The molecule has 0 fully saturated rings. The van der Waals surface area contributed by atoms with E-state index in [1.165, 1.54) is 20.6 Å². The van der Waals surface area contributed by atoms with Crippen LogP contribution in [0.4, 0.5) is 9.59 Å². The molecule has 0 aliphatic heterocycles. The molecule has 0 spiro atoms. The zero-order valence-corrected chi connectivity index (χ0v) is 36.7. The number of benzene rings is 4. The van der Waals surface area contributed by atoms with Gasteiger partial charge in [-0.05, 0) is 70.5 Å². The van der Waals surface area contributed by atoms with Crippen molar-refractivity contribution in [2.45, 2.75) is 73.0 Å². The Hall–Kier alpha value is -6.96. The van der Waals surface area contributed by atoms with Gasteiger partial charge in [-0.3, -0.25) is 9.59 Å². The fourth-order valence-electron chi connectivity index (χ4n) is 6.95. The van der Waals surface area contributed by atoms with Crippen LogP contribution in [0.15, 0.2) is 97.3 Å². The largest absolute Gasteiger partial charge is 0.453 e. The third-order valence-corrected chi connectivity index (χ3v) is 10.0. The molecule has 14 heteroatoms. The van der Waals surface area contributed by atoms with Crippen LogP contribution in [0.25, 0.3) is 44.4 Å². The van der Waals surface area contributed by atoms with Crippen LogP contribution >= 0.6 is 0 Å². The number of amides is 4. The van der Waals surface area contributed by atoms with Crippen LogP contribution in [0.5, 0.6) is 0 Å². The second-order valence-electron chi connectivity index (χ2n) is 14.9. The molecule has 4 aromatic carbocycles. The fourth-order valence-corrected chi connectivity index (χ4v) is 6.95. The maximum Gasteiger partial charge on any atom is 0.407 e. The molecular formula is C48H58N8O6. The first-order valence-corrected chi connectivity index (χ1v) is 21.0. The lowest BCUT2D eigenvalue weighted by Crippen LogP contribution is -2.43. The molecule has 0 saturated heterocycles. The van der Waals surface area contributed by atoms with Gasteiger partial charge in [0.15, 0.2) is 0 Å². The van der Waals surface area contributed by atoms with Crippen molar-refractivity contribution in [2.24, 2.45) is 0 Å². The molecule has 14 nitrogen and oxygen atoms in total. The molecule has 0 bridgehead atoms. The van der Waals surface area contributed by atoms with Crippen molar-refractivity contribution in [3.63, 3.8) is 0 Å². The van der Waals surface area contributed by atoms with E-state index < -0.39 is 18.2 Å². The van der Waals surface area contributed by atoms with Crippen LogP contribution in [0.3, 0.4) is 0 Å². The van der Waals surface area contributed by atoms with Gasteiger partial charge in [0.05, 0.1) is 51.1 Å². The van der Waals surface area contributed by atoms with E-state index in [4.69, 9.17) is 4.74 Å². The Morgan fingerprint density at radius 1 is 0.661 bits per heavy atom. The molecular weight excluding hydrogens is 785 g/mol. The highest BCUT2D eigenvalue weighted by molar-refractivity contribution is 5.91. The Morgan fingerprint density at radius 2 is 1.18 bits per heavy atom. The van der Waals surface area contributed by atoms with Gasteiger partial charge in [0.25, 0.3) is 0 Å². The topological polar surface area (TPSA) is 175 Å². The van der Waals surface area contributed by atoms with E-state index in [1.54, 1.807) is 22.2 Å². The first kappa shape index (κ1) is 46.1. The Morgan fingerprint density at radius 3 is 1.77 bits per heavy atom. The van der Waals surface area contributed by atoms with Gasteiger partial charge >= 0.3 is 12.2 Å². The van der Waals surface area contributed by atoms with Crippen LogP contribution in [0, 0.1) is 6.92 Å². The number of carbonyl (C=O) groups excluding carboxylic acids is 4. The number of nitrogens with one attached hydrogen (secondary N) is 4. The highest BCUT2D eigenvalue weighted by Gasteiger charge is 2.29. The number of hydrogen-bond donors (Lipinski definition) is 4. The first-order chi connectivity index (χ1) is 30.0. The van der Waals surface area contributed by atoms with Crippen molar-refractivity contribution in [3.8, 4) is 33.6 Å². The predicted octanol–water partition coefficient (Wildman–Crippen LogP) is 8.94. The van der Waals surface area contributed by atoms with Crippen LogP contribution in [0.2, 0.25) is 0 Å². The van der Waals surface area contributed by atoms with E-state index in [2.05, 4.69) is 91.6 Å². The maximum atomic E-state index is 14.0. The Bertz CT molecular complexity index is 2420. The summed E-state index contributed by atoms with van der Waals surface area (Å²) < 4.78 is 9.42. The SMILES string of the molecule is CCC.CCCN(Cc1ncc(-c2ccc3cc(-c4ccc(-c5cnc(CN(CCC)C(=O)C(NC(=O)OC)c6ccccc6C)[nH]5)cc4)ccc3c2)[nH]1)C(=O)CNC(=O)OC. The number of nitrogens with zero attached hydrogens (tertiary/aromatic N) is 4. The lowest BCUT2D eigenvalue weighted by molar-refractivity contribution is -0.134. The third-order valence-electron chi connectivity index (χ3n) is 10.0. The van der Waals surface area contributed by atoms with Crippen molar-refractivity contribution >= 4 is 34.8 Å². The number of methoxy groups -OCH3 is 2. The number of alkyl carbamates (subject to hydrolysis) is 2. The van der Waals surface area contributed by atoms with Gasteiger partial charge in [-0.2, -0.15) is 0 Å². The van der Waals surface area contributed by atoms with Gasteiger partial charge in [0, 0.05) is 18.7 Å². The summed E-state index contributed by atoms with van der Waals surface area (Å²) in [5.41, 5.74) is 7.32. The molecule has 1 unspecified atom stereocenters. The molecule has 2 heterocycles. The smallest absolute Gasteiger partial charge is 0.407 e. The van der Waals surface area contributed by atoms with E-state index >= 15 is 0 Å². The molecule has 0 radical (unpaired) electrons. The summed E-state index contributed by atoms with van der Waals surface area (Å²) in [7, 11) is 2.54. The number of H-pyrrole nitrogens is 2. The lowest BCUT2D eigenvalue weighted by atomic mass is 9.98. The molecule has 4 N–H and O–H groups in total. The van der Waals surface area contributed by atoms with Gasteiger partial charge in [0.1, 0.15) is 24.2 Å². The number of aryl methyl sites for hydroxylation is 1.